The molecule has 0 bridgehead atoms. The summed E-state index contributed by atoms with van der Waals surface area (Å²) in [6, 6.07) is 8.86. The molecule has 1 fully saturated rings. The van der Waals surface area contributed by atoms with E-state index in [1.807, 2.05) is 24.0 Å². The minimum Gasteiger partial charge on any atom is -0.364 e. The van der Waals surface area contributed by atoms with Gasteiger partial charge in [0.1, 0.15) is 5.52 Å². The summed E-state index contributed by atoms with van der Waals surface area (Å²) in [5, 5.41) is 4.86. The number of allylic oxidation sites excluding steroid dienone is 1. The average molecular weight is 472 g/mol. The standard InChI is InChI=1S/C27H33N7O/c1-6-7-12-32-17-25-27(30-32)24(14-26(35)31(25)5)34-16-18(2)33(15-19(34)3)20(4)21-8-9-22-23(13-21)29-11-10-28-22/h6,8-11,13-14,17-20H,1,7,12,15-16H2,2-5H3/t18-,19+,20-/m1/s1. The molecule has 3 atom stereocenters. The van der Waals surface area contributed by atoms with Gasteiger partial charge in [-0.3, -0.25) is 24.3 Å². The maximum absolute atomic E-state index is 12.8. The number of piperazine rings is 1. The Balaban J connectivity index is 1.44. The summed E-state index contributed by atoms with van der Waals surface area (Å²) in [6.45, 7) is 13.0. The molecule has 8 nitrogen and oxygen atoms in total. The van der Waals surface area contributed by atoms with Crippen LogP contribution >= 0.6 is 0 Å². The molecule has 0 N–H and O–H groups in total. The van der Waals surface area contributed by atoms with Gasteiger partial charge < -0.3 is 9.47 Å². The van der Waals surface area contributed by atoms with Crippen LogP contribution in [-0.2, 0) is 13.6 Å². The van der Waals surface area contributed by atoms with Crippen molar-refractivity contribution in [2.24, 2.45) is 7.05 Å². The number of fused-ring (bicyclic) bond motifs is 2. The molecule has 0 unspecified atom stereocenters. The SMILES string of the molecule is C=CCCn1cc2c(n1)c(N1C[C@@H](C)N([C@H](C)c3ccc4nccnc4c3)C[C@@H]1C)cc(=O)n2C. The van der Waals surface area contributed by atoms with E-state index in [1.165, 1.54) is 5.56 Å². The predicted octanol–water partition coefficient (Wildman–Crippen LogP) is 3.91. The molecule has 0 spiro atoms. The Morgan fingerprint density at radius 1 is 1.11 bits per heavy atom. The first kappa shape index (κ1) is 23.2. The van der Waals surface area contributed by atoms with Gasteiger partial charge in [0, 0.05) is 69.5 Å². The molecule has 1 saturated heterocycles. The van der Waals surface area contributed by atoms with Crippen molar-refractivity contribution in [1.29, 1.82) is 0 Å². The molecule has 3 aromatic heterocycles. The van der Waals surface area contributed by atoms with Gasteiger partial charge in [0.05, 0.1) is 22.2 Å². The minimum atomic E-state index is -0.0105. The van der Waals surface area contributed by atoms with E-state index < -0.39 is 0 Å². The third-order valence-corrected chi connectivity index (χ3v) is 7.32. The van der Waals surface area contributed by atoms with Crippen LogP contribution in [0.3, 0.4) is 0 Å². The lowest BCUT2D eigenvalue weighted by Gasteiger charge is -2.47. The van der Waals surface area contributed by atoms with Gasteiger partial charge in [-0.25, -0.2) is 0 Å². The summed E-state index contributed by atoms with van der Waals surface area (Å²) in [4.78, 5) is 26.6. The molecule has 182 valence electrons. The smallest absolute Gasteiger partial charge is 0.252 e. The van der Waals surface area contributed by atoms with Gasteiger partial charge in [0.2, 0.25) is 0 Å². The quantitative estimate of drug-likeness (QED) is 0.397. The van der Waals surface area contributed by atoms with Crippen molar-refractivity contribution in [2.75, 3.05) is 18.0 Å². The van der Waals surface area contributed by atoms with Crippen molar-refractivity contribution in [3.8, 4) is 0 Å². The molecule has 5 rings (SSSR count). The van der Waals surface area contributed by atoms with Gasteiger partial charge in [0.25, 0.3) is 5.56 Å². The van der Waals surface area contributed by atoms with E-state index in [9.17, 15) is 4.79 Å². The molecular formula is C27H33N7O. The summed E-state index contributed by atoms with van der Waals surface area (Å²) in [7, 11) is 1.81. The van der Waals surface area contributed by atoms with E-state index in [4.69, 9.17) is 5.10 Å². The molecule has 1 aliphatic heterocycles. The Bertz CT molecular complexity index is 1440. The maximum atomic E-state index is 12.8. The first-order valence-corrected chi connectivity index (χ1v) is 12.3. The largest absolute Gasteiger partial charge is 0.364 e. The Hall–Kier alpha value is -3.52. The molecule has 0 aliphatic carbocycles. The number of anilines is 1. The zero-order valence-corrected chi connectivity index (χ0v) is 20.9. The fraction of sp³-hybridized carbons (Fsp3) is 0.407. The van der Waals surface area contributed by atoms with E-state index >= 15 is 0 Å². The zero-order chi connectivity index (χ0) is 24.7. The molecule has 35 heavy (non-hydrogen) atoms. The van der Waals surface area contributed by atoms with Crippen molar-refractivity contribution in [3.05, 3.63) is 71.4 Å². The van der Waals surface area contributed by atoms with E-state index in [1.54, 1.807) is 23.0 Å². The number of aromatic nitrogens is 5. The van der Waals surface area contributed by atoms with Crippen LogP contribution in [0.1, 0.15) is 38.8 Å². The van der Waals surface area contributed by atoms with Gasteiger partial charge in [-0.1, -0.05) is 12.1 Å². The number of rotatable bonds is 6. The predicted molar refractivity (Wildman–Crippen MR) is 141 cm³/mol. The number of hydrogen-bond acceptors (Lipinski definition) is 6. The topological polar surface area (TPSA) is 72.1 Å². The van der Waals surface area contributed by atoms with Crippen LogP contribution in [-0.4, -0.2) is 54.4 Å². The third-order valence-electron chi connectivity index (χ3n) is 7.32. The Morgan fingerprint density at radius 3 is 2.66 bits per heavy atom. The second-order valence-electron chi connectivity index (χ2n) is 9.66. The lowest BCUT2D eigenvalue weighted by atomic mass is 10.00. The van der Waals surface area contributed by atoms with Crippen LogP contribution in [0.25, 0.3) is 22.1 Å². The molecule has 1 aliphatic rings. The number of hydrogen-bond donors (Lipinski definition) is 0. The maximum Gasteiger partial charge on any atom is 0.252 e. The van der Waals surface area contributed by atoms with Crippen molar-refractivity contribution >= 4 is 27.8 Å². The van der Waals surface area contributed by atoms with E-state index in [0.717, 1.165) is 53.8 Å². The van der Waals surface area contributed by atoms with Gasteiger partial charge >= 0.3 is 0 Å². The first-order chi connectivity index (χ1) is 16.9. The van der Waals surface area contributed by atoms with Crippen molar-refractivity contribution in [2.45, 2.75) is 51.9 Å². The number of aryl methyl sites for hydroxylation is 2. The van der Waals surface area contributed by atoms with Gasteiger partial charge in [-0.05, 0) is 44.9 Å². The van der Waals surface area contributed by atoms with Crippen LogP contribution in [0.5, 0.6) is 0 Å². The number of pyridine rings is 1. The Kier molecular flexibility index (Phi) is 6.15. The molecular weight excluding hydrogens is 438 g/mol. The summed E-state index contributed by atoms with van der Waals surface area (Å²) in [5.41, 5.74) is 5.73. The van der Waals surface area contributed by atoms with Crippen LogP contribution in [0, 0.1) is 0 Å². The van der Waals surface area contributed by atoms with E-state index in [2.05, 4.69) is 65.3 Å². The van der Waals surface area contributed by atoms with Gasteiger partial charge in [-0.15, -0.1) is 6.58 Å². The molecule has 4 aromatic rings. The summed E-state index contributed by atoms with van der Waals surface area (Å²) < 4.78 is 3.61. The second kappa shape index (κ2) is 9.26. The average Bonchev–Trinajstić information content (AvgIpc) is 3.30. The Morgan fingerprint density at radius 2 is 1.89 bits per heavy atom. The van der Waals surface area contributed by atoms with Crippen LogP contribution < -0.4 is 10.5 Å². The minimum absolute atomic E-state index is 0.0105. The van der Waals surface area contributed by atoms with Gasteiger partial charge in [-0.2, -0.15) is 5.10 Å². The van der Waals surface area contributed by atoms with Crippen LogP contribution in [0.4, 0.5) is 5.69 Å². The number of nitrogens with zero attached hydrogens (tertiary/aromatic N) is 7. The lowest BCUT2D eigenvalue weighted by Crippen LogP contribution is -2.57. The first-order valence-electron chi connectivity index (χ1n) is 12.3. The molecule has 0 saturated carbocycles. The molecule has 0 radical (unpaired) electrons. The van der Waals surface area contributed by atoms with Gasteiger partial charge in [0.15, 0.2) is 0 Å². The molecule has 4 heterocycles. The summed E-state index contributed by atoms with van der Waals surface area (Å²) in [6.07, 6.45) is 8.16. The molecule has 1 aromatic carbocycles. The van der Waals surface area contributed by atoms with E-state index in [-0.39, 0.29) is 17.6 Å². The Labute approximate surface area is 205 Å². The van der Waals surface area contributed by atoms with Crippen molar-refractivity contribution in [3.63, 3.8) is 0 Å². The summed E-state index contributed by atoms with van der Waals surface area (Å²) in [5.74, 6) is 0. The van der Waals surface area contributed by atoms with Crippen LogP contribution in [0.15, 0.2) is 60.3 Å². The third kappa shape index (κ3) is 4.23. The van der Waals surface area contributed by atoms with Crippen molar-refractivity contribution in [1.82, 2.24) is 29.2 Å². The highest BCUT2D eigenvalue weighted by Crippen LogP contribution is 2.33. The highest BCUT2D eigenvalue weighted by atomic mass is 16.1. The fourth-order valence-electron chi connectivity index (χ4n) is 5.26. The highest BCUT2D eigenvalue weighted by Gasteiger charge is 2.34. The summed E-state index contributed by atoms with van der Waals surface area (Å²) >= 11 is 0. The lowest BCUT2D eigenvalue weighted by molar-refractivity contribution is 0.119. The normalized spacial score (nSPS) is 19.9. The molecule has 8 heteroatoms. The highest BCUT2D eigenvalue weighted by molar-refractivity contribution is 5.88. The number of benzene rings is 1. The van der Waals surface area contributed by atoms with Crippen molar-refractivity contribution < 1.29 is 0 Å². The monoisotopic (exact) mass is 471 g/mol. The van der Waals surface area contributed by atoms with Crippen LogP contribution in [0.2, 0.25) is 0 Å². The zero-order valence-electron chi connectivity index (χ0n) is 20.9. The molecule has 0 amide bonds. The fourth-order valence-corrected chi connectivity index (χ4v) is 5.26. The van der Waals surface area contributed by atoms with E-state index in [0.29, 0.717) is 6.04 Å². The second-order valence-corrected chi connectivity index (χ2v) is 9.66.